The maximum absolute atomic E-state index is 9.14. The molecule has 0 heterocycles. The normalized spacial score (nSPS) is 11.2. The Kier molecular flexibility index (Phi) is 1.39. The largest absolute Gasteiger partial charge is 0.513 e. The molecule has 0 bridgehead atoms. The van der Waals surface area contributed by atoms with Crippen LogP contribution in [0.25, 0.3) is 0 Å². The van der Waals surface area contributed by atoms with Crippen molar-refractivity contribution in [1.29, 1.82) is 0 Å². The first-order valence-corrected chi connectivity index (χ1v) is 3.70. The number of rotatable bonds is 1. The molecule has 0 rings (SSSR count). The third kappa shape index (κ3) is 3.74. The van der Waals surface area contributed by atoms with Crippen LogP contribution >= 0.6 is 0 Å². The maximum atomic E-state index is 9.14. The van der Waals surface area contributed by atoms with Gasteiger partial charge in [-0.05, 0) is 0 Å². The zero-order valence-electron chi connectivity index (χ0n) is 3.25. The Morgan fingerprint density at radius 3 is 1.83 bits per heavy atom. The monoisotopic (exact) mass is 107 g/mol. The van der Waals surface area contributed by atoms with Gasteiger partial charge in [0.25, 0.3) is 0 Å². The van der Waals surface area contributed by atoms with Gasteiger partial charge in [-0.25, -0.2) is 0 Å². The summed E-state index contributed by atoms with van der Waals surface area (Å²) in [6.45, 7) is 1.01. The lowest BCUT2D eigenvalue weighted by Crippen LogP contribution is -2.25. The van der Waals surface area contributed by atoms with E-state index in [4.69, 9.17) is 14.5 Å². The summed E-state index contributed by atoms with van der Waals surface area (Å²) in [6, 6.07) is 0. The van der Waals surface area contributed by atoms with Crippen LogP contribution in [0.15, 0.2) is 4.84 Å². The van der Waals surface area contributed by atoms with E-state index in [1.54, 1.807) is 0 Å². The molecule has 0 aromatic rings. The third-order valence-electron chi connectivity index (χ3n) is 0.173. The standard InChI is InChI=1S/CH5NO3Si/c1-6(4,5)2-3/h4-5H,1H3. The SMILES string of the molecule is C[Si](O)(O)N=O. The fourth-order valence-electron chi connectivity index (χ4n) is 0. The molecule has 0 atom stereocenters. The summed E-state index contributed by atoms with van der Waals surface area (Å²) in [6.07, 6.45) is 0. The Hall–Kier alpha value is -0.263. The predicted octanol–water partition coefficient (Wildman–Crippen LogP) is -0.694. The fraction of sp³-hybridized carbons (Fsp3) is 1.00. The van der Waals surface area contributed by atoms with Crippen LogP contribution in [0.2, 0.25) is 6.55 Å². The van der Waals surface area contributed by atoms with E-state index < -0.39 is 8.72 Å². The van der Waals surface area contributed by atoms with E-state index >= 15 is 0 Å². The molecule has 36 valence electrons. The molecule has 0 spiro atoms. The van der Waals surface area contributed by atoms with E-state index in [1.165, 1.54) is 0 Å². The minimum absolute atomic E-state index is 1.01. The minimum atomic E-state index is -3.56. The highest BCUT2D eigenvalue weighted by molar-refractivity contribution is 6.60. The van der Waals surface area contributed by atoms with Gasteiger partial charge in [0, 0.05) is 6.55 Å². The average molecular weight is 107 g/mol. The Morgan fingerprint density at radius 1 is 1.67 bits per heavy atom. The molecule has 4 nitrogen and oxygen atoms in total. The van der Waals surface area contributed by atoms with Gasteiger partial charge >= 0.3 is 8.72 Å². The van der Waals surface area contributed by atoms with Gasteiger partial charge in [-0.3, -0.25) is 0 Å². The Balaban J connectivity index is 3.45. The van der Waals surface area contributed by atoms with Crippen LogP contribution < -0.4 is 0 Å². The van der Waals surface area contributed by atoms with Gasteiger partial charge in [-0.1, -0.05) is 4.84 Å². The zero-order valence-corrected chi connectivity index (χ0v) is 4.25. The van der Waals surface area contributed by atoms with Crippen LogP contribution in [-0.4, -0.2) is 18.3 Å². The highest BCUT2D eigenvalue weighted by atomic mass is 28.4. The molecule has 0 saturated carbocycles. The summed E-state index contributed by atoms with van der Waals surface area (Å²) in [5.41, 5.74) is 0. The van der Waals surface area contributed by atoms with Crippen molar-refractivity contribution in [2.24, 2.45) is 4.84 Å². The molecule has 6 heavy (non-hydrogen) atoms. The molecular weight excluding hydrogens is 102 g/mol. The first kappa shape index (κ1) is 5.74. The molecule has 0 aliphatic carbocycles. The number of hydrogen-bond donors (Lipinski definition) is 2. The smallest absolute Gasteiger partial charge is 0.392 e. The molecule has 0 amide bonds. The van der Waals surface area contributed by atoms with Gasteiger partial charge in [0.2, 0.25) is 0 Å². The van der Waals surface area contributed by atoms with Crippen molar-refractivity contribution in [2.45, 2.75) is 6.55 Å². The highest BCUT2D eigenvalue weighted by Gasteiger charge is 2.22. The second kappa shape index (κ2) is 1.46. The molecule has 5 heteroatoms. The van der Waals surface area contributed by atoms with Crippen molar-refractivity contribution in [3.63, 3.8) is 0 Å². The first-order valence-electron chi connectivity index (χ1n) is 1.35. The Morgan fingerprint density at radius 2 is 1.83 bits per heavy atom. The van der Waals surface area contributed by atoms with Gasteiger partial charge in [-0.2, -0.15) is 4.91 Å². The summed E-state index contributed by atoms with van der Waals surface area (Å²) in [5, 5.41) is 0. The lowest BCUT2D eigenvalue weighted by atomic mass is 11.9. The zero-order chi connectivity index (χ0) is 5.21. The molecule has 0 unspecified atom stereocenters. The molecule has 0 aliphatic heterocycles. The van der Waals surface area contributed by atoms with Crippen LogP contribution in [0, 0.1) is 4.91 Å². The van der Waals surface area contributed by atoms with Gasteiger partial charge in [0.05, 0.1) is 0 Å². The highest BCUT2D eigenvalue weighted by Crippen LogP contribution is 1.87. The van der Waals surface area contributed by atoms with E-state index in [2.05, 4.69) is 0 Å². The summed E-state index contributed by atoms with van der Waals surface area (Å²) < 4.78 is 0. The molecule has 0 aromatic carbocycles. The average Bonchev–Trinajstić information content (AvgIpc) is 1.35. The van der Waals surface area contributed by atoms with E-state index in [0.717, 1.165) is 6.55 Å². The Labute approximate surface area is 35.7 Å². The van der Waals surface area contributed by atoms with Gasteiger partial charge in [0.1, 0.15) is 0 Å². The van der Waals surface area contributed by atoms with Gasteiger partial charge in [0.15, 0.2) is 0 Å². The van der Waals surface area contributed by atoms with E-state index in [1.807, 2.05) is 4.84 Å². The van der Waals surface area contributed by atoms with Crippen LogP contribution in [0.1, 0.15) is 0 Å². The number of nitrogens with zero attached hydrogens (tertiary/aromatic N) is 1. The lowest BCUT2D eigenvalue weighted by molar-refractivity contribution is 0.373. The van der Waals surface area contributed by atoms with Crippen LogP contribution in [-0.2, 0) is 0 Å². The molecule has 0 saturated heterocycles. The molecular formula is CH5NO3Si. The van der Waals surface area contributed by atoms with E-state index in [9.17, 15) is 0 Å². The maximum Gasteiger partial charge on any atom is 0.513 e. The summed E-state index contributed by atoms with van der Waals surface area (Å²) in [5.74, 6) is 0. The lowest BCUT2D eigenvalue weighted by Gasteiger charge is -1.93. The number of nitroso groups, excluding NO2 is 1. The van der Waals surface area contributed by atoms with Crippen molar-refractivity contribution in [3.8, 4) is 0 Å². The van der Waals surface area contributed by atoms with Crippen molar-refractivity contribution in [1.82, 2.24) is 0 Å². The second-order valence-electron chi connectivity index (χ2n) is 1.06. The molecule has 2 N–H and O–H groups in total. The van der Waals surface area contributed by atoms with Crippen molar-refractivity contribution in [2.75, 3.05) is 0 Å². The predicted molar refractivity (Wildman–Crippen MR) is 21.9 cm³/mol. The van der Waals surface area contributed by atoms with E-state index in [-0.39, 0.29) is 0 Å². The van der Waals surface area contributed by atoms with Crippen molar-refractivity contribution in [3.05, 3.63) is 4.91 Å². The molecule has 0 aliphatic rings. The second-order valence-corrected chi connectivity index (χ2v) is 3.19. The first-order chi connectivity index (χ1) is 2.56. The molecule has 0 aromatic heterocycles. The van der Waals surface area contributed by atoms with Crippen molar-refractivity contribution < 1.29 is 9.59 Å². The van der Waals surface area contributed by atoms with Crippen LogP contribution in [0.5, 0.6) is 0 Å². The summed E-state index contributed by atoms with van der Waals surface area (Å²) in [4.78, 5) is 27.2. The third-order valence-corrected chi connectivity index (χ3v) is 0.519. The van der Waals surface area contributed by atoms with Crippen LogP contribution in [0.4, 0.5) is 0 Å². The molecule has 0 fully saturated rings. The summed E-state index contributed by atoms with van der Waals surface area (Å²) >= 11 is 0. The van der Waals surface area contributed by atoms with Gasteiger partial charge in [-0.15, -0.1) is 0 Å². The number of hydrogen-bond acceptors (Lipinski definition) is 4. The van der Waals surface area contributed by atoms with Crippen LogP contribution in [0.3, 0.4) is 0 Å². The molecule has 0 radical (unpaired) electrons. The minimum Gasteiger partial charge on any atom is -0.392 e. The van der Waals surface area contributed by atoms with Gasteiger partial charge < -0.3 is 9.59 Å². The topological polar surface area (TPSA) is 69.9 Å². The van der Waals surface area contributed by atoms with E-state index in [0.29, 0.717) is 0 Å². The quantitative estimate of drug-likeness (QED) is 0.344. The fourth-order valence-corrected chi connectivity index (χ4v) is 0. The Bertz CT molecular complexity index is 56.3. The van der Waals surface area contributed by atoms with Crippen molar-refractivity contribution >= 4 is 8.72 Å². The summed E-state index contributed by atoms with van der Waals surface area (Å²) in [7, 11) is -3.56.